The third-order valence-corrected chi connectivity index (χ3v) is 2.01. The predicted molar refractivity (Wildman–Crippen MR) is 32.6 cm³/mol. The van der Waals surface area contributed by atoms with Gasteiger partial charge in [0.1, 0.15) is 0 Å². The Morgan fingerprint density at radius 2 is 2.25 bits per heavy atom. The van der Waals surface area contributed by atoms with Crippen LogP contribution in [-0.2, 0) is 0 Å². The molecule has 1 saturated carbocycles. The minimum atomic E-state index is 0.293. The van der Waals surface area contributed by atoms with Crippen molar-refractivity contribution in [3.8, 4) is 0 Å². The molecular formula is C6H11NO. The fourth-order valence-electron chi connectivity index (χ4n) is 1.09. The van der Waals surface area contributed by atoms with Gasteiger partial charge in [-0.3, -0.25) is 0 Å². The molecule has 0 aromatic heterocycles. The van der Waals surface area contributed by atoms with E-state index >= 15 is 0 Å². The molecule has 0 N–H and O–H groups in total. The lowest BCUT2D eigenvalue weighted by molar-refractivity contribution is 0.173. The monoisotopic (exact) mass is 113 g/mol. The Bertz CT molecular complexity index is 96.7. The highest BCUT2D eigenvalue weighted by Crippen LogP contribution is 2.40. The van der Waals surface area contributed by atoms with Crippen LogP contribution in [-0.4, -0.2) is 6.54 Å². The van der Waals surface area contributed by atoms with Gasteiger partial charge in [-0.1, -0.05) is 18.5 Å². The summed E-state index contributed by atoms with van der Waals surface area (Å²) in [4.78, 5) is 9.76. The van der Waals surface area contributed by atoms with Gasteiger partial charge in [-0.05, 0) is 18.3 Å². The first-order valence-electron chi connectivity index (χ1n) is 3.06. The van der Waals surface area contributed by atoms with Crippen LogP contribution in [0.4, 0.5) is 0 Å². The van der Waals surface area contributed by atoms with E-state index in [0.29, 0.717) is 12.0 Å². The second-order valence-corrected chi connectivity index (χ2v) is 2.95. The Balaban J connectivity index is 2.29. The van der Waals surface area contributed by atoms with Crippen LogP contribution >= 0.6 is 0 Å². The van der Waals surface area contributed by atoms with Gasteiger partial charge in [-0.15, -0.1) is 0 Å². The van der Waals surface area contributed by atoms with Gasteiger partial charge in [0.15, 0.2) is 0 Å². The van der Waals surface area contributed by atoms with Crippen molar-refractivity contribution in [3.05, 3.63) is 4.91 Å². The van der Waals surface area contributed by atoms with E-state index in [1.807, 2.05) is 0 Å². The second kappa shape index (κ2) is 1.84. The molecular weight excluding hydrogens is 102 g/mol. The minimum Gasteiger partial charge on any atom is -0.151 e. The van der Waals surface area contributed by atoms with Crippen LogP contribution in [0.3, 0.4) is 0 Å². The standard InChI is InChI=1S/C6H11NO/c1-6(5-7-8)3-2-4-6/h2-5H2,1H3. The van der Waals surface area contributed by atoms with Crippen molar-refractivity contribution >= 4 is 0 Å². The molecule has 0 heterocycles. The van der Waals surface area contributed by atoms with E-state index < -0.39 is 0 Å². The smallest absolute Gasteiger partial charge is 0.0864 e. The molecule has 0 aliphatic heterocycles. The molecule has 1 fully saturated rings. The third-order valence-electron chi connectivity index (χ3n) is 2.01. The lowest BCUT2D eigenvalue weighted by Crippen LogP contribution is -2.28. The highest BCUT2D eigenvalue weighted by atomic mass is 16.3. The molecule has 0 aromatic rings. The summed E-state index contributed by atoms with van der Waals surface area (Å²) in [5.74, 6) is 0. The number of nitrogens with zero attached hydrogens (tertiary/aromatic N) is 1. The molecule has 46 valence electrons. The van der Waals surface area contributed by atoms with E-state index in [1.165, 1.54) is 19.3 Å². The molecule has 0 unspecified atom stereocenters. The van der Waals surface area contributed by atoms with E-state index in [0.717, 1.165) is 0 Å². The van der Waals surface area contributed by atoms with Crippen molar-refractivity contribution in [2.24, 2.45) is 10.6 Å². The summed E-state index contributed by atoms with van der Waals surface area (Å²) in [5, 5.41) is 2.88. The molecule has 0 aromatic carbocycles. The molecule has 1 aliphatic rings. The Kier molecular flexibility index (Phi) is 1.32. The molecule has 2 nitrogen and oxygen atoms in total. The van der Waals surface area contributed by atoms with Crippen LogP contribution in [0.5, 0.6) is 0 Å². The van der Waals surface area contributed by atoms with Crippen molar-refractivity contribution in [1.82, 2.24) is 0 Å². The second-order valence-electron chi connectivity index (χ2n) is 2.95. The molecule has 0 amide bonds. The van der Waals surface area contributed by atoms with Crippen LogP contribution in [0.1, 0.15) is 26.2 Å². The average Bonchev–Trinajstić information content (AvgIpc) is 1.64. The average molecular weight is 113 g/mol. The van der Waals surface area contributed by atoms with Gasteiger partial charge in [0.25, 0.3) is 0 Å². The number of hydrogen-bond donors (Lipinski definition) is 0. The minimum absolute atomic E-state index is 0.293. The Hall–Kier alpha value is -0.400. The largest absolute Gasteiger partial charge is 0.151 e. The first-order valence-corrected chi connectivity index (χ1v) is 3.06. The molecule has 0 radical (unpaired) electrons. The van der Waals surface area contributed by atoms with Crippen LogP contribution < -0.4 is 0 Å². The van der Waals surface area contributed by atoms with Crippen LogP contribution in [0.25, 0.3) is 0 Å². The van der Waals surface area contributed by atoms with E-state index in [-0.39, 0.29) is 0 Å². The van der Waals surface area contributed by atoms with Gasteiger partial charge in [0.2, 0.25) is 0 Å². The highest BCUT2D eigenvalue weighted by Gasteiger charge is 2.31. The first-order chi connectivity index (χ1) is 3.77. The molecule has 8 heavy (non-hydrogen) atoms. The zero-order valence-corrected chi connectivity index (χ0v) is 5.18. The molecule has 1 rings (SSSR count). The molecule has 0 saturated heterocycles. The normalized spacial score (nSPS) is 24.1. The fourth-order valence-corrected chi connectivity index (χ4v) is 1.09. The lowest BCUT2D eigenvalue weighted by atomic mass is 9.71. The van der Waals surface area contributed by atoms with Crippen molar-refractivity contribution < 1.29 is 0 Å². The first kappa shape index (κ1) is 5.73. The molecule has 1 aliphatic carbocycles. The maximum Gasteiger partial charge on any atom is 0.0864 e. The van der Waals surface area contributed by atoms with Gasteiger partial charge in [0, 0.05) is 0 Å². The zero-order valence-electron chi connectivity index (χ0n) is 5.18. The van der Waals surface area contributed by atoms with Gasteiger partial charge in [0.05, 0.1) is 6.54 Å². The maximum atomic E-state index is 9.76. The molecule has 2 heteroatoms. The summed E-state index contributed by atoms with van der Waals surface area (Å²) >= 11 is 0. The quantitative estimate of drug-likeness (QED) is 0.503. The lowest BCUT2D eigenvalue weighted by Gasteiger charge is -2.35. The van der Waals surface area contributed by atoms with E-state index in [9.17, 15) is 4.91 Å². The van der Waals surface area contributed by atoms with E-state index in [1.54, 1.807) is 0 Å². The Morgan fingerprint density at radius 3 is 2.38 bits per heavy atom. The molecule has 0 bridgehead atoms. The van der Waals surface area contributed by atoms with Crippen molar-refractivity contribution in [2.75, 3.05) is 6.54 Å². The summed E-state index contributed by atoms with van der Waals surface area (Å²) in [6.07, 6.45) is 3.67. The number of rotatable bonds is 2. The zero-order chi connectivity index (χ0) is 6.04. The van der Waals surface area contributed by atoms with E-state index in [4.69, 9.17) is 0 Å². The number of nitroso groups, excluding NO2 is 1. The van der Waals surface area contributed by atoms with Crippen LogP contribution in [0.15, 0.2) is 5.18 Å². The Morgan fingerprint density at radius 1 is 1.62 bits per heavy atom. The third kappa shape index (κ3) is 0.881. The SMILES string of the molecule is CC1(CN=O)CCC1. The van der Waals surface area contributed by atoms with Gasteiger partial charge in [-0.2, -0.15) is 4.91 Å². The van der Waals surface area contributed by atoms with E-state index in [2.05, 4.69) is 12.1 Å². The summed E-state index contributed by atoms with van der Waals surface area (Å²) < 4.78 is 0. The van der Waals surface area contributed by atoms with Crippen LogP contribution in [0.2, 0.25) is 0 Å². The summed E-state index contributed by atoms with van der Waals surface area (Å²) in [7, 11) is 0. The molecule has 0 atom stereocenters. The van der Waals surface area contributed by atoms with Crippen molar-refractivity contribution in [3.63, 3.8) is 0 Å². The van der Waals surface area contributed by atoms with Crippen LogP contribution in [0, 0.1) is 10.3 Å². The summed E-state index contributed by atoms with van der Waals surface area (Å²) in [6.45, 7) is 2.64. The topological polar surface area (TPSA) is 29.4 Å². The molecule has 0 spiro atoms. The maximum absolute atomic E-state index is 9.76. The van der Waals surface area contributed by atoms with Crippen molar-refractivity contribution in [1.29, 1.82) is 0 Å². The van der Waals surface area contributed by atoms with Gasteiger partial charge >= 0.3 is 0 Å². The summed E-state index contributed by atoms with van der Waals surface area (Å²) in [6, 6.07) is 0. The van der Waals surface area contributed by atoms with Gasteiger partial charge < -0.3 is 0 Å². The summed E-state index contributed by atoms with van der Waals surface area (Å²) in [5.41, 5.74) is 0.293. The highest BCUT2D eigenvalue weighted by molar-refractivity contribution is 4.84. The number of hydrogen-bond acceptors (Lipinski definition) is 2. The van der Waals surface area contributed by atoms with Crippen molar-refractivity contribution in [2.45, 2.75) is 26.2 Å². The predicted octanol–water partition coefficient (Wildman–Crippen LogP) is 1.94. The van der Waals surface area contributed by atoms with Gasteiger partial charge in [-0.25, -0.2) is 0 Å². The fraction of sp³-hybridized carbons (Fsp3) is 1.00. The Labute approximate surface area is 49.3 Å².